The van der Waals surface area contributed by atoms with Crippen LogP contribution < -0.4 is 5.32 Å². The van der Waals surface area contributed by atoms with Gasteiger partial charge in [-0.1, -0.05) is 45.0 Å². The summed E-state index contributed by atoms with van der Waals surface area (Å²) in [5.41, 5.74) is 2.48. The first kappa shape index (κ1) is 20.6. The zero-order valence-corrected chi connectivity index (χ0v) is 17.2. The lowest BCUT2D eigenvalue weighted by Crippen LogP contribution is -2.57. The van der Waals surface area contributed by atoms with Gasteiger partial charge in [0.1, 0.15) is 0 Å². The Bertz CT molecular complexity index is 679. The van der Waals surface area contributed by atoms with Crippen LogP contribution in [0.4, 0.5) is 4.79 Å². The molecule has 3 rings (SSSR count). The minimum atomic E-state index is -0.794. The maximum absolute atomic E-state index is 12.8. The molecule has 0 aliphatic heterocycles. The molecule has 0 spiro atoms. The molecule has 2 fully saturated rings. The average molecular weight is 388 g/mol. The van der Waals surface area contributed by atoms with Gasteiger partial charge in [0.05, 0.1) is 6.54 Å². The van der Waals surface area contributed by atoms with Gasteiger partial charge in [-0.15, -0.1) is 0 Å². The Morgan fingerprint density at radius 3 is 2.29 bits per heavy atom. The van der Waals surface area contributed by atoms with E-state index in [0.717, 1.165) is 37.8 Å². The molecule has 0 heterocycles. The first-order valence-corrected chi connectivity index (χ1v) is 10.5. The van der Waals surface area contributed by atoms with Crippen LogP contribution in [0.15, 0.2) is 24.3 Å². The number of urea groups is 1. The molecule has 0 saturated heterocycles. The lowest BCUT2D eigenvalue weighted by atomic mass is 9.85. The second-order valence-corrected chi connectivity index (χ2v) is 8.48. The van der Waals surface area contributed by atoms with Crippen LogP contribution in [-0.2, 0) is 11.3 Å². The van der Waals surface area contributed by atoms with Crippen molar-refractivity contribution in [1.29, 1.82) is 0 Å². The van der Waals surface area contributed by atoms with E-state index in [1.54, 1.807) is 0 Å². The summed E-state index contributed by atoms with van der Waals surface area (Å²) >= 11 is 0. The van der Waals surface area contributed by atoms with Crippen LogP contribution in [-0.4, -0.2) is 58.1 Å². The highest BCUT2D eigenvalue weighted by Crippen LogP contribution is 2.30. The fourth-order valence-corrected chi connectivity index (χ4v) is 3.89. The highest BCUT2D eigenvalue weighted by atomic mass is 16.4. The van der Waals surface area contributed by atoms with Crippen LogP contribution in [0.2, 0.25) is 0 Å². The molecule has 2 saturated carbocycles. The van der Waals surface area contributed by atoms with Gasteiger partial charge in [0.2, 0.25) is 0 Å². The number of benzene rings is 1. The molecule has 6 nitrogen and oxygen atoms in total. The third-order valence-electron chi connectivity index (χ3n) is 5.95. The summed E-state index contributed by atoms with van der Waals surface area (Å²) in [5.74, 6) is -0.287. The van der Waals surface area contributed by atoms with Crippen molar-refractivity contribution in [1.82, 2.24) is 15.1 Å². The molecule has 2 N–H and O–H groups in total. The molecule has 154 valence electrons. The van der Waals surface area contributed by atoms with Crippen LogP contribution in [0.5, 0.6) is 0 Å². The van der Waals surface area contributed by atoms with E-state index in [9.17, 15) is 9.59 Å². The summed E-state index contributed by atoms with van der Waals surface area (Å²) in [6, 6.07) is 9.32. The van der Waals surface area contributed by atoms with Crippen molar-refractivity contribution in [2.75, 3.05) is 13.1 Å². The van der Waals surface area contributed by atoms with Crippen LogP contribution in [0.3, 0.4) is 0 Å². The number of hydrogen-bond acceptors (Lipinski definition) is 3. The van der Waals surface area contributed by atoms with E-state index in [0.29, 0.717) is 18.5 Å². The predicted molar refractivity (Wildman–Crippen MR) is 109 cm³/mol. The molecule has 0 radical (unpaired) electrons. The smallest absolute Gasteiger partial charge is 0.318 e. The van der Waals surface area contributed by atoms with Gasteiger partial charge in [0.25, 0.3) is 0 Å². The second-order valence-electron chi connectivity index (χ2n) is 8.48. The minimum Gasteiger partial charge on any atom is -0.480 e. The number of likely N-dealkylation sites (N-methyl/N-ethyl adjacent to an activating group) is 1. The Balaban J connectivity index is 1.51. The van der Waals surface area contributed by atoms with Crippen LogP contribution in [0, 0.1) is 0 Å². The topological polar surface area (TPSA) is 72.9 Å². The van der Waals surface area contributed by atoms with Crippen LogP contribution >= 0.6 is 0 Å². The number of carboxylic acid groups (broad SMARTS) is 1. The van der Waals surface area contributed by atoms with Gasteiger partial charge >= 0.3 is 12.0 Å². The molecule has 1 aromatic carbocycles. The molecule has 0 bridgehead atoms. The van der Waals surface area contributed by atoms with Crippen molar-refractivity contribution in [3.8, 4) is 0 Å². The number of nitrogens with zero attached hydrogens (tertiary/aromatic N) is 2. The molecular weight excluding hydrogens is 354 g/mol. The van der Waals surface area contributed by atoms with E-state index in [2.05, 4.69) is 43.4 Å². The second kappa shape index (κ2) is 8.95. The number of rotatable bonds is 9. The maximum atomic E-state index is 12.8. The Hall–Kier alpha value is -2.08. The van der Waals surface area contributed by atoms with Crippen molar-refractivity contribution in [2.24, 2.45) is 0 Å². The molecule has 2 aliphatic carbocycles. The summed E-state index contributed by atoms with van der Waals surface area (Å²) in [6.45, 7) is 7.78. The zero-order chi connectivity index (χ0) is 20.3. The summed E-state index contributed by atoms with van der Waals surface area (Å²) in [5, 5.41) is 12.2. The number of nitrogens with one attached hydrogen (secondary N) is 1. The number of aliphatic carboxylic acids is 1. The van der Waals surface area contributed by atoms with E-state index in [1.165, 1.54) is 5.56 Å². The van der Waals surface area contributed by atoms with E-state index in [-0.39, 0.29) is 24.7 Å². The Kier molecular flexibility index (Phi) is 6.60. The fraction of sp³-hybridized carbons (Fsp3) is 0.636. The van der Waals surface area contributed by atoms with Crippen molar-refractivity contribution >= 4 is 12.0 Å². The summed E-state index contributed by atoms with van der Waals surface area (Å²) < 4.78 is 0. The first-order valence-electron chi connectivity index (χ1n) is 10.5. The van der Waals surface area contributed by atoms with Crippen molar-refractivity contribution in [2.45, 2.75) is 77.0 Å². The van der Waals surface area contributed by atoms with Gasteiger partial charge in [-0.05, 0) is 49.3 Å². The number of hydrogen-bond donors (Lipinski definition) is 2. The lowest BCUT2D eigenvalue weighted by molar-refractivity contribution is -0.139. The van der Waals surface area contributed by atoms with Gasteiger partial charge < -0.3 is 15.3 Å². The van der Waals surface area contributed by atoms with E-state index >= 15 is 0 Å². The Morgan fingerprint density at radius 2 is 1.79 bits per heavy atom. The lowest BCUT2D eigenvalue weighted by Gasteiger charge is -2.42. The molecule has 0 atom stereocenters. The first-order chi connectivity index (χ1) is 13.4. The maximum Gasteiger partial charge on any atom is 0.318 e. The fourth-order valence-electron chi connectivity index (χ4n) is 3.89. The van der Waals surface area contributed by atoms with Crippen molar-refractivity contribution in [3.63, 3.8) is 0 Å². The number of carboxylic acids is 1. The van der Waals surface area contributed by atoms with Gasteiger partial charge in [-0.2, -0.15) is 0 Å². The van der Waals surface area contributed by atoms with E-state index in [1.807, 2.05) is 16.7 Å². The standard InChI is InChI=1S/C22H33N3O3/c1-4-24(14-21(26)27)20-11-18(12-20)23-22(28)25(19-9-10-19)13-16-5-7-17(8-6-16)15(2)3/h5-8,15,18-20H,4,9-14H2,1-3H3,(H,23,28)(H,26,27). The third kappa shape index (κ3) is 5.25. The van der Waals surface area contributed by atoms with Crippen molar-refractivity contribution in [3.05, 3.63) is 35.4 Å². The molecule has 2 aliphatic rings. The predicted octanol–water partition coefficient (Wildman–Crippen LogP) is 3.42. The van der Waals surface area contributed by atoms with Gasteiger partial charge in [0, 0.05) is 24.7 Å². The Labute approximate surface area is 167 Å². The van der Waals surface area contributed by atoms with Crippen LogP contribution in [0.1, 0.15) is 63.5 Å². The average Bonchev–Trinajstić information content (AvgIpc) is 3.45. The summed E-state index contributed by atoms with van der Waals surface area (Å²) in [4.78, 5) is 27.7. The summed E-state index contributed by atoms with van der Waals surface area (Å²) in [6.07, 6.45) is 3.81. The van der Waals surface area contributed by atoms with E-state index < -0.39 is 5.97 Å². The molecule has 1 aromatic rings. The SMILES string of the molecule is CCN(CC(=O)O)C1CC(NC(=O)N(Cc2ccc(C(C)C)cc2)C2CC2)C1. The number of carbonyl (C=O) groups is 2. The Morgan fingerprint density at radius 1 is 1.14 bits per heavy atom. The van der Waals surface area contributed by atoms with Crippen molar-refractivity contribution < 1.29 is 14.7 Å². The van der Waals surface area contributed by atoms with E-state index in [4.69, 9.17) is 5.11 Å². The highest BCUT2D eigenvalue weighted by Gasteiger charge is 2.38. The van der Waals surface area contributed by atoms with Gasteiger partial charge in [-0.25, -0.2) is 4.79 Å². The summed E-state index contributed by atoms with van der Waals surface area (Å²) in [7, 11) is 0. The van der Waals surface area contributed by atoms with Crippen LogP contribution in [0.25, 0.3) is 0 Å². The third-order valence-corrected chi connectivity index (χ3v) is 5.95. The van der Waals surface area contributed by atoms with Gasteiger partial charge in [0.15, 0.2) is 0 Å². The highest BCUT2D eigenvalue weighted by molar-refractivity contribution is 5.75. The quantitative estimate of drug-likeness (QED) is 0.681. The molecule has 0 aromatic heterocycles. The molecule has 28 heavy (non-hydrogen) atoms. The molecule has 6 heteroatoms. The molecular formula is C22H33N3O3. The monoisotopic (exact) mass is 387 g/mol. The largest absolute Gasteiger partial charge is 0.480 e. The normalized spacial score (nSPS) is 21.5. The zero-order valence-electron chi connectivity index (χ0n) is 17.2. The number of carbonyl (C=O) groups excluding carboxylic acids is 1. The number of amides is 2. The molecule has 0 unspecified atom stereocenters. The van der Waals surface area contributed by atoms with Gasteiger partial charge in [-0.3, -0.25) is 9.69 Å². The molecule has 2 amide bonds. The minimum absolute atomic E-state index is 0.0140.